The molecule has 3 aromatic carbocycles. The highest BCUT2D eigenvalue weighted by Gasteiger charge is 2.49. The molecule has 204 valence electrons. The molecule has 1 spiro atoms. The highest BCUT2D eigenvalue weighted by Crippen LogP contribution is 2.55. The molecule has 0 heterocycles. The quantitative estimate of drug-likeness (QED) is 0.289. The number of ether oxygens (including phenoxy) is 2. The zero-order valence-electron chi connectivity index (χ0n) is 23.4. The van der Waals surface area contributed by atoms with Gasteiger partial charge in [0.15, 0.2) is 0 Å². The fourth-order valence-electron chi connectivity index (χ4n) is 7.70. The molecular formula is C35H39FO3. The molecule has 0 amide bonds. The summed E-state index contributed by atoms with van der Waals surface area (Å²) in [5.41, 5.74) is 6.66. The zero-order chi connectivity index (χ0) is 27.2. The number of rotatable bonds is 7. The molecule has 39 heavy (non-hydrogen) atoms. The van der Waals surface area contributed by atoms with Gasteiger partial charge in [0, 0.05) is 16.9 Å². The smallest absolute Gasteiger partial charge is 0.131 e. The van der Waals surface area contributed by atoms with Gasteiger partial charge in [-0.2, -0.15) is 0 Å². The van der Waals surface area contributed by atoms with Gasteiger partial charge in [0.2, 0.25) is 0 Å². The second-order valence-corrected chi connectivity index (χ2v) is 12.6. The van der Waals surface area contributed by atoms with Crippen molar-refractivity contribution < 1.29 is 18.7 Å². The third-order valence-electron chi connectivity index (χ3n) is 10.1. The van der Waals surface area contributed by atoms with Gasteiger partial charge in [-0.25, -0.2) is 4.39 Å². The van der Waals surface area contributed by atoms with Crippen LogP contribution in [-0.2, 0) is 23.2 Å². The highest BCUT2D eigenvalue weighted by atomic mass is 19.1. The lowest BCUT2D eigenvalue weighted by Gasteiger charge is -2.51. The molecule has 0 unspecified atom stereocenters. The first-order valence-corrected chi connectivity index (χ1v) is 14.5. The van der Waals surface area contributed by atoms with E-state index >= 15 is 4.39 Å². The molecule has 3 nitrogen and oxygen atoms in total. The van der Waals surface area contributed by atoms with E-state index in [0.29, 0.717) is 23.8 Å². The van der Waals surface area contributed by atoms with Crippen LogP contribution < -0.4 is 9.47 Å². The van der Waals surface area contributed by atoms with Gasteiger partial charge in [-0.1, -0.05) is 44.5 Å². The lowest BCUT2D eigenvalue weighted by atomic mass is 9.52. The number of aryl methyl sites for hydroxylation is 1. The summed E-state index contributed by atoms with van der Waals surface area (Å²) in [4.78, 5) is 11.8. The van der Waals surface area contributed by atoms with Crippen molar-refractivity contribution in [3.8, 4) is 22.6 Å². The predicted molar refractivity (Wildman–Crippen MR) is 153 cm³/mol. The Hall–Kier alpha value is -3.14. The molecule has 0 aromatic heterocycles. The normalized spacial score (nSPS) is 25.1. The molecule has 3 aromatic rings. The van der Waals surface area contributed by atoms with Crippen LogP contribution in [0.5, 0.6) is 11.5 Å². The number of hydrogen-bond acceptors (Lipinski definition) is 3. The van der Waals surface area contributed by atoms with Crippen molar-refractivity contribution in [1.82, 2.24) is 0 Å². The van der Waals surface area contributed by atoms with Crippen molar-refractivity contribution in [3.63, 3.8) is 0 Å². The van der Waals surface area contributed by atoms with Gasteiger partial charge in [0.05, 0.1) is 7.11 Å². The van der Waals surface area contributed by atoms with E-state index in [1.807, 2.05) is 6.07 Å². The van der Waals surface area contributed by atoms with E-state index in [0.717, 1.165) is 61.8 Å². The van der Waals surface area contributed by atoms with E-state index in [4.69, 9.17) is 9.47 Å². The molecule has 0 bridgehead atoms. The largest absolute Gasteiger partial charge is 0.497 e. The van der Waals surface area contributed by atoms with Gasteiger partial charge in [0.1, 0.15) is 30.2 Å². The van der Waals surface area contributed by atoms with Crippen LogP contribution in [0.1, 0.15) is 87.0 Å². The SMILES string of the molecule is COc1ccc(F)c(-c2ccc(COc3ccc4c(c3)[C@]3(CCC4)CC[C@@H]3C=O)cc2[C@@H]2CCCC2(C)C)c1. The minimum Gasteiger partial charge on any atom is -0.497 e. The van der Waals surface area contributed by atoms with Crippen LogP contribution in [0, 0.1) is 17.2 Å². The second kappa shape index (κ2) is 10.1. The standard InChI is InChI=1S/C35H39FO3/c1-34(2)15-5-7-31(34)29-18-23(8-12-28(29)30-19-26(38-3)11-13-33(30)36)22-39-27-10-9-24-6-4-16-35(32(24)20-27)17-14-25(35)21-37/h8-13,18-21,25,31H,4-7,14-17,22H2,1-3H3/t25-,31+,35-/m1/s1. The van der Waals surface area contributed by atoms with Gasteiger partial charge in [0.25, 0.3) is 0 Å². The fourth-order valence-corrected chi connectivity index (χ4v) is 7.70. The average molecular weight is 527 g/mol. The summed E-state index contributed by atoms with van der Waals surface area (Å²) in [5.74, 6) is 1.76. The van der Waals surface area contributed by atoms with Gasteiger partial charge in [-0.15, -0.1) is 0 Å². The van der Waals surface area contributed by atoms with Crippen molar-refractivity contribution in [2.45, 2.75) is 83.2 Å². The Labute approximate surface area is 231 Å². The number of carbonyl (C=O) groups is 1. The maximum Gasteiger partial charge on any atom is 0.131 e. The van der Waals surface area contributed by atoms with Crippen molar-refractivity contribution >= 4 is 6.29 Å². The van der Waals surface area contributed by atoms with Crippen LogP contribution in [0.15, 0.2) is 54.6 Å². The molecule has 3 aliphatic rings. The summed E-state index contributed by atoms with van der Waals surface area (Å²) in [6, 6.07) is 17.8. The van der Waals surface area contributed by atoms with Crippen molar-refractivity contribution in [2.75, 3.05) is 7.11 Å². The summed E-state index contributed by atoms with van der Waals surface area (Å²) >= 11 is 0. The summed E-state index contributed by atoms with van der Waals surface area (Å²) in [6.45, 7) is 5.11. The topological polar surface area (TPSA) is 35.5 Å². The molecule has 3 aliphatic carbocycles. The Balaban J connectivity index is 1.31. The lowest BCUT2D eigenvalue weighted by molar-refractivity contribution is -0.117. The van der Waals surface area contributed by atoms with Crippen LogP contribution in [0.3, 0.4) is 0 Å². The van der Waals surface area contributed by atoms with Gasteiger partial charge in [-0.05, 0) is 114 Å². The number of benzene rings is 3. The van der Waals surface area contributed by atoms with Crippen LogP contribution in [0.25, 0.3) is 11.1 Å². The monoisotopic (exact) mass is 526 g/mol. The Morgan fingerprint density at radius 3 is 2.49 bits per heavy atom. The molecule has 0 saturated heterocycles. The van der Waals surface area contributed by atoms with E-state index in [1.54, 1.807) is 13.2 Å². The van der Waals surface area contributed by atoms with E-state index in [9.17, 15) is 4.79 Å². The van der Waals surface area contributed by atoms with E-state index in [1.165, 1.54) is 35.5 Å². The molecule has 2 fully saturated rings. The summed E-state index contributed by atoms with van der Waals surface area (Å²) in [7, 11) is 1.62. The van der Waals surface area contributed by atoms with Gasteiger partial charge < -0.3 is 14.3 Å². The van der Waals surface area contributed by atoms with Gasteiger partial charge >= 0.3 is 0 Å². The third-order valence-corrected chi connectivity index (χ3v) is 10.1. The molecule has 3 atom stereocenters. The fraction of sp³-hybridized carbons (Fsp3) is 0.457. The maximum absolute atomic E-state index is 15.1. The van der Waals surface area contributed by atoms with E-state index < -0.39 is 0 Å². The second-order valence-electron chi connectivity index (χ2n) is 12.6. The Morgan fingerprint density at radius 1 is 0.923 bits per heavy atom. The Bertz CT molecular complexity index is 1390. The van der Waals surface area contributed by atoms with Gasteiger partial charge in [-0.3, -0.25) is 0 Å². The molecule has 2 saturated carbocycles. The predicted octanol–water partition coefficient (Wildman–Crippen LogP) is 8.56. The Kier molecular flexibility index (Phi) is 6.77. The average Bonchev–Trinajstić information content (AvgIpc) is 3.30. The number of fused-ring (bicyclic) bond motifs is 2. The van der Waals surface area contributed by atoms with Crippen molar-refractivity contribution in [1.29, 1.82) is 0 Å². The summed E-state index contributed by atoms with van der Waals surface area (Å²) in [6.07, 6.45) is 10.0. The highest BCUT2D eigenvalue weighted by molar-refractivity contribution is 5.71. The minimum absolute atomic E-state index is 0.0123. The van der Waals surface area contributed by atoms with Crippen LogP contribution in [0.2, 0.25) is 0 Å². The summed E-state index contributed by atoms with van der Waals surface area (Å²) in [5, 5.41) is 0. The van der Waals surface area contributed by atoms with Crippen LogP contribution in [-0.4, -0.2) is 13.4 Å². The minimum atomic E-state index is -0.232. The zero-order valence-corrected chi connectivity index (χ0v) is 23.4. The molecular weight excluding hydrogens is 487 g/mol. The number of halogens is 1. The van der Waals surface area contributed by atoms with Crippen LogP contribution >= 0.6 is 0 Å². The van der Waals surface area contributed by atoms with Crippen molar-refractivity contribution in [3.05, 3.63) is 82.7 Å². The number of carbonyl (C=O) groups excluding carboxylic acids is 1. The maximum atomic E-state index is 15.1. The molecule has 0 radical (unpaired) electrons. The molecule has 0 N–H and O–H groups in total. The first-order valence-electron chi connectivity index (χ1n) is 14.5. The Morgan fingerprint density at radius 2 is 1.77 bits per heavy atom. The summed E-state index contributed by atoms with van der Waals surface area (Å²) < 4.78 is 26.9. The van der Waals surface area contributed by atoms with E-state index in [-0.39, 0.29) is 22.6 Å². The lowest BCUT2D eigenvalue weighted by Crippen LogP contribution is -2.47. The molecule has 4 heteroatoms. The molecule has 0 aliphatic heterocycles. The van der Waals surface area contributed by atoms with E-state index in [2.05, 4.69) is 50.2 Å². The van der Waals surface area contributed by atoms with Crippen molar-refractivity contribution in [2.24, 2.45) is 11.3 Å². The third kappa shape index (κ3) is 4.56. The number of aldehydes is 1. The number of methoxy groups -OCH3 is 1. The molecule has 6 rings (SSSR count). The first-order chi connectivity index (χ1) is 18.8. The first kappa shape index (κ1) is 26.1. The number of hydrogen-bond donors (Lipinski definition) is 0. The van der Waals surface area contributed by atoms with Crippen LogP contribution in [0.4, 0.5) is 4.39 Å².